The molecular weight excluding hydrogens is 618 g/mol. The molecule has 0 fully saturated rings. The van der Waals surface area contributed by atoms with E-state index in [4.69, 9.17) is 14.3 Å². The smallest absolute Gasteiger partial charge is 0.333 e. The number of aromatic hydroxyl groups is 2. The first kappa shape index (κ1) is 31.8. The second-order valence-corrected chi connectivity index (χ2v) is 12.3. The standard InChI is InChI=1S/C41H37NO7/c1-47-32-18-15-30(16-19-32)41(46,34-21-14-28-12-11-26-8-6-9-27-13-20-33(34)40(28)39(26)27)31-17-22-35(48-2)29(25-31)7-4-3-5-10-38(45)49-42-36(43)23-24-37(42)44/h6,8-9,11-25,43-44,46H,3-5,7,10H2,1-2H3. The van der Waals surface area contributed by atoms with Gasteiger partial charge >= 0.3 is 5.97 Å². The third-order valence-corrected chi connectivity index (χ3v) is 9.44. The molecule has 3 N–H and O–H groups in total. The molecule has 7 aromatic rings. The van der Waals surface area contributed by atoms with Gasteiger partial charge < -0.3 is 29.6 Å². The molecule has 0 spiro atoms. The lowest BCUT2D eigenvalue weighted by Crippen LogP contribution is -2.29. The molecule has 1 heterocycles. The molecule has 248 valence electrons. The van der Waals surface area contributed by atoms with E-state index in [9.17, 15) is 20.1 Å². The highest BCUT2D eigenvalue weighted by atomic mass is 16.7. The number of carbonyl (C=O) groups is 1. The fourth-order valence-corrected chi connectivity index (χ4v) is 6.96. The van der Waals surface area contributed by atoms with Gasteiger partial charge in [-0.25, -0.2) is 4.79 Å². The van der Waals surface area contributed by atoms with Crippen molar-refractivity contribution < 1.29 is 34.4 Å². The fraction of sp³-hybridized carbons (Fsp3) is 0.195. The number of aryl methyl sites for hydroxylation is 1. The van der Waals surface area contributed by atoms with Crippen LogP contribution in [0.25, 0.3) is 32.3 Å². The zero-order chi connectivity index (χ0) is 34.1. The highest BCUT2D eigenvalue weighted by Gasteiger charge is 2.36. The summed E-state index contributed by atoms with van der Waals surface area (Å²) in [6.07, 6.45) is 2.82. The van der Waals surface area contributed by atoms with Gasteiger partial charge in [0.05, 0.1) is 14.2 Å². The van der Waals surface area contributed by atoms with Gasteiger partial charge in [0.15, 0.2) is 0 Å². The maximum Gasteiger partial charge on any atom is 0.333 e. The topological polar surface area (TPSA) is 110 Å². The number of rotatable bonds is 12. The summed E-state index contributed by atoms with van der Waals surface area (Å²) in [5.41, 5.74) is 1.61. The van der Waals surface area contributed by atoms with Gasteiger partial charge in [-0.3, -0.25) is 0 Å². The van der Waals surface area contributed by atoms with E-state index in [1.165, 1.54) is 17.5 Å². The Kier molecular flexibility index (Phi) is 8.48. The van der Waals surface area contributed by atoms with Crippen LogP contribution >= 0.6 is 0 Å². The Morgan fingerprint density at radius 2 is 1.35 bits per heavy atom. The number of aromatic nitrogens is 1. The molecule has 6 aromatic carbocycles. The summed E-state index contributed by atoms with van der Waals surface area (Å²) in [5.74, 6) is 0.153. The molecular formula is C41H37NO7. The van der Waals surface area contributed by atoms with Crippen LogP contribution in [0.1, 0.15) is 47.9 Å². The summed E-state index contributed by atoms with van der Waals surface area (Å²) >= 11 is 0. The molecule has 1 atom stereocenters. The maximum absolute atomic E-state index is 13.2. The monoisotopic (exact) mass is 655 g/mol. The van der Waals surface area contributed by atoms with Crippen molar-refractivity contribution in [3.05, 3.63) is 131 Å². The molecule has 0 radical (unpaired) electrons. The Morgan fingerprint density at radius 1 is 0.694 bits per heavy atom. The number of carbonyl (C=O) groups excluding carboxylic acids is 1. The van der Waals surface area contributed by atoms with Crippen LogP contribution in [0.4, 0.5) is 0 Å². The molecule has 0 saturated carbocycles. The first-order valence-electron chi connectivity index (χ1n) is 16.3. The van der Waals surface area contributed by atoms with Gasteiger partial charge in [-0.2, -0.15) is 0 Å². The number of methoxy groups -OCH3 is 2. The van der Waals surface area contributed by atoms with Crippen LogP contribution in [0.5, 0.6) is 23.3 Å². The van der Waals surface area contributed by atoms with E-state index in [2.05, 4.69) is 48.5 Å². The minimum atomic E-state index is -1.52. The molecule has 49 heavy (non-hydrogen) atoms. The SMILES string of the molecule is COc1ccc(C(O)(c2ccc(OC)c(CCCCCC(=O)On3c(O)ccc3O)c2)c2ccc3ccc4cccc5ccc2c3c45)cc1. The molecule has 0 aliphatic carbocycles. The molecule has 0 saturated heterocycles. The van der Waals surface area contributed by atoms with Gasteiger partial charge in [0.2, 0.25) is 11.8 Å². The minimum absolute atomic E-state index is 0.125. The van der Waals surface area contributed by atoms with Crippen LogP contribution in [0.2, 0.25) is 0 Å². The summed E-state index contributed by atoms with van der Waals surface area (Å²) in [6, 6.07) is 34.8. The fourth-order valence-electron chi connectivity index (χ4n) is 6.96. The van der Waals surface area contributed by atoms with Crippen LogP contribution < -0.4 is 14.3 Å². The minimum Gasteiger partial charge on any atom is -0.497 e. The van der Waals surface area contributed by atoms with Gasteiger partial charge in [-0.15, -0.1) is 4.73 Å². The van der Waals surface area contributed by atoms with Crippen LogP contribution in [0, 0.1) is 0 Å². The second kappa shape index (κ2) is 13.1. The lowest BCUT2D eigenvalue weighted by Gasteiger charge is -2.32. The van der Waals surface area contributed by atoms with Crippen molar-refractivity contribution in [2.24, 2.45) is 0 Å². The average molecular weight is 656 g/mol. The van der Waals surface area contributed by atoms with Gasteiger partial charge in [0.25, 0.3) is 0 Å². The Bertz CT molecular complexity index is 2240. The quantitative estimate of drug-likeness (QED) is 0.0699. The van der Waals surface area contributed by atoms with E-state index in [1.54, 1.807) is 14.2 Å². The summed E-state index contributed by atoms with van der Waals surface area (Å²) < 4.78 is 11.9. The molecule has 1 aromatic heterocycles. The van der Waals surface area contributed by atoms with Crippen molar-refractivity contribution in [3.8, 4) is 23.3 Å². The zero-order valence-corrected chi connectivity index (χ0v) is 27.3. The number of benzene rings is 6. The molecule has 1 unspecified atom stereocenters. The predicted octanol–water partition coefficient (Wildman–Crippen LogP) is 7.86. The lowest BCUT2D eigenvalue weighted by molar-refractivity contribution is -0.145. The number of aliphatic hydroxyl groups is 1. The van der Waals surface area contributed by atoms with Crippen molar-refractivity contribution in [3.63, 3.8) is 0 Å². The summed E-state index contributed by atoms with van der Waals surface area (Å²) in [7, 11) is 3.26. The van der Waals surface area contributed by atoms with Gasteiger partial charge in [-0.1, -0.05) is 79.2 Å². The first-order chi connectivity index (χ1) is 23.8. The zero-order valence-electron chi connectivity index (χ0n) is 27.3. The summed E-state index contributed by atoms with van der Waals surface area (Å²) in [6.45, 7) is 0. The van der Waals surface area contributed by atoms with Gasteiger partial charge in [0.1, 0.15) is 17.1 Å². The van der Waals surface area contributed by atoms with Crippen LogP contribution in [0.15, 0.2) is 109 Å². The number of unbranched alkanes of at least 4 members (excludes halogenated alkanes) is 2. The Hall–Kier alpha value is -5.73. The summed E-state index contributed by atoms with van der Waals surface area (Å²) in [5, 5.41) is 39.3. The van der Waals surface area contributed by atoms with Gasteiger partial charge in [0, 0.05) is 24.1 Å². The second-order valence-electron chi connectivity index (χ2n) is 12.3. The maximum atomic E-state index is 13.2. The molecule has 0 aliphatic heterocycles. The highest BCUT2D eigenvalue weighted by Crippen LogP contribution is 2.45. The average Bonchev–Trinajstić information content (AvgIpc) is 3.45. The molecule has 7 rings (SSSR count). The van der Waals surface area contributed by atoms with Crippen LogP contribution in [-0.4, -0.2) is 40.2 Å². The molecule has 0 bridgehead atoms. The largest absolute Gasteiger partial charge is 0.497 e. The van der Waals surface area contributed by atoms with E-state index in [0.29, 0.717) is 40.2 Å². The molecule has 0 amide bonds. The first-order valence-corrected chi connectivity index (χ1v) is 16.3. The Labute approximate surface area is 283 Å². The number of hydrogen-bond donors (Lipinski definition) is 3. The van der Waals surface area contributed by atoms with Crippen molar-refractivity contribution in [2.75, 3.05) is 14.2 Å². The third-order valence-electron chi connectivity index (χ3n) is 9.44. The Balaban J connectivity index is 1.22. The van der Waals surface area contributed by atoms with E-state index in [0.717, 1.165) is 50.9 Å². The van der Waals surface area contributed by atoms with Crippen molar-refractivity contribution in [1.82, 2.24) is 4.73 Å². The van der Waals surface area contributed by atoms with E-state index in [1.807, 2.05) is 48.5 Å². The number of nitrogens with zero attached hydrogens (tertiary/aromatic N) is 1. The molecule has 0 aliphatic rings. The lowest BCUT2D eigenvalue weighted by atomic mass is 9.76. The highest BCUT2D eigenvalue weighted by molar-refractivity contribution is 6.23. The Morgan fingerprint density at radius 3 is 2.04 bits per heavy atom. The van der Waals surface area contributed by atoms with Crippen molar-refractivity contribution in [1.29, 1.82) is 0 Å². The van der Waals surface area contributed by atoms with Crippen molar-refractivity contribution in [2.45, 2.75) is 37.7 Å². The summed E-state index contributed by atoms with van der Waals surface area (Å²) in [4.78, 5) is 17.4. The number of hydrogen-bond acceptors (Lipinski definition) is 7. The molecule has 8 nitrogen and oxygen atoms in total. The van der Waals surface area contributed by atoms with Crippen molar-refractivity contribution >= 4 is 38.3 Å². The normalized spacial score (nSPS) is 12.8. The van der Waals surface area contributed by atoms with E-state index < -0.39 is 11.6 Å². The van der Waals surface area contributed by atoms with Crippen LogP contribution in [-0.2, 0) is 16.8 Å². The van der Waals surface area contributed by atoms with E-state index >= 15 is 0 Å². The van der Waals surface area contributed by atoms with Gasteiger partial charge in [-0.05, 0) is 92.5 Å². The molecule has 8 heteroatoms. The predicted molar refractivity (Wildman–Crippen MR) is 190 cm³/mol. The van der Waals surface area contributed by atoms with E-state index in [-0.39, 0.29) is 18.2 Å². The van der Waals surface area contributed by atoms with Crippen LogP contribution in [0.3, 0.4) is 0 Å². The third kappa shape index (κ3) is 5.74. The number of ether oxygens (including phenoxy) is 2.